The largest absolute Gasteiger partial charge is 0.451 e. The average Bonchev–Trinajstić information content (AvgIpc) is 2.91. The van der Waals surface area contributed by atoms with E-state index >= 15 is 0 Å². The maximum Gasteiger partial charge on any atom is 0.351 e. The van der Waals surface area contributed by atoms with Crippen molar-refractivity contribution in [3.05, 3.63) is 22.2 Å². The molecule has 0 radical (unpaired) electrons. The van der Waals surface area contributed by atoms with Gasteiger partial charge in [0.1, 0.15) is 9.71 Å². The normalized spacial score (nSPS) is 20.1. The fourth-order valence-corrected chi connectivity index (χ4v) is 4.60. The highest BCUT2D eigenvalue weighted by atomic mass is 32.1. The van der Waals surface area contributed by atoms with Gasteiger partial charge in [-0.05, 0) is 57.1 Å². The number of nitrogens with two attached hydrogens (primary N) is 1. The van der Waals surface area contributed by atoms with Crippen molar-refractivity contribution < 1.29 is 14.3 Å². The van der Waals surface area contributed by atoms with Crippen molar-refractivity contribution in [1.29, 1.82) is 0 Å². The van der Waals surface area contributed by atoms with E-state index < -0.39 is 5.97 Å². The van der Waals surface area contributed by atoms with Crippen molar-refractivity contribution in [3.8, 4) is 0 Å². The van der Waals surface area contributed by atoms with Crippen LogP contribution in [0.5, 0.6) is 0 Å². The van der Waals surface area contributed by atoms with Crippen LogP contribution in [-0.4, -0.2) is 29.5 Å². The van der Waals surface area contributed by atoms with E-state index in [1.807, 2.05) is 19.9 Å². The first-order valence-corrected chi connectivity index (χ1v) is 9.79. The fraction of sp³-hybridized carbons (Fsp3) is 0.526. The van der Waals surface area contributed by atoms with Gasteiger partial charge in [0.2, 0.25) is 0 Å². The first kappa shape index (κ1) is 18.6. The number of ether oxygens (including phenoxy) is 1. The molecule has 26 heavy (non-hydrogen) atoms. The fourth-order valence-electron chi connectivity index (χ4n) is 3.49. The molecule has 0 saturated heterocycles. The highest BCUT2D eigenvalue weighted by molar-refractivity contribution is 7.21. The summed E-state index contributed by atoms with van der Waals surface area (Å²) in [6.07, 6.45) is 4.20. The lowest BCUT2D eigenvalue weighted by Crippen LogP contribution is -2.39. The predicted octanol–water partition coefficient (Wildman–Crippen LogP) is 3.35. The highest BCUT2D eigenvalue weighted by Crippen LogP contribution is 2.35. The number of nitrogen functional groups attached to an aromatic ring is 1. The summed E-state index contributed by atoms with van der Waals surface area (Å²) in [5.74, 6) is -0.115. The zero-order valence-corrected chi connectivity index (χ0v) is 16.2. The molecule has 1 fully saturated rings. The molecule has 0 spiro atoms. The summed E-state index contributed by atoms with van der Waals surface area (Å²) in [6.45, 7) is 5.78. The molecule has 3 N–H and O–H groups in total. The minimum absolute atomic E-state index is 0.182. The Morgan fingerprint density at radius 3 is 2.69 bits per heavy atom. The van der Waals surface area contributed by atoms with Crippen LogP contribution in [0.15, 0.2) is 6.07 Å². The number of carbonyl (C=O) groups is 2. The lowest BCUT2D eigenvalue weighted by Gasteiger charge is -2.26. The Hall–Kier alpha value is -2.15. The van der Waals surface area contributed by atoms with Crippen LogP contribution in [-0.2, 0) is 9.53 Å². The Morgan fingerprint density at radius 2 is 2.00 bits per heavy atom. The van der Waals surface area contributed by atoms with Crippen LogP contribution in [0.3, 0.4) is 0 Å². The number of nitrogens with one attached hydrogen (secondary N) is 1. The van der Waals surface area contributed by atoms with Gasteiger partial charge in [-0.3, -0.25) is 4.79 Å². The van der Waals surface area contributed by atoms with Crippen LogP contribution in [0.25, 0.3) is 10.2 Å². The van der Waals surface area contributed by atoms with Gasteiger partial charge in [0, 0.05) is 17.1 Å². The molecule has 3 rings (SSSR count). The third kappa shape index (κ3) is 3.98. The first-order chi connectivity index (χ1) is 12.3. The predicted molar refractivity (Wildman–Crippen MR) is 103 cm³/mol. The van der Waals surface area contributed by atoms with Gasteiger partial charge in [-0.25, -0.2) is 9.78 Å². The van der Waals surface area contributed by atoms with Gasteiger partial charge in [0.15, 0.2) is 6.61 Å². The standard InChI is InChI=1S/C19H25N3O3S/c1-10-4-6-13(7-5-10)22-14(23)9-25-19(24)17-16(20)15-11(2)8-12(3)21-18(15)26-17/h8,10,13H,4-7,9,20H2,1-3H3,(H,22,23). The summed E-state index contributed by atoms with van der Waals surface area (Å²) in [7, 11) is 0. The van der Waals surface area contributed by atoms with E-state index in [2.05, 4.69) is 17.2 Å². The Kier molecular flexibility index (Phi) is 5.46. The molecule has 1 aliphatic rings. The lowest BCUT2D eigenvalue weighted by atomic mass is 9.87. The number of nitrogens with zero attached hydrogens (tertiary/aromatic N) is 1. The molecule has 2 aromatic rings. The van der Waals surface area contributed by atoms with Gasteiger partial charge < -0.3 is 15.8 Å². The second-order valence-corrected chi connectivity index (χ2v) is 8.21. The molecule has 2 heterocycles. The summed E-state index contributed by atoms with van der Waals surface area (Å²) in [5, 5.41) is 3.73. The number of esters is 1. The van der Waals surface area contributed by atoms with Crippen LogP contribution < -0.4 is 11.1 Å². The van der Waals surface area contributed by atoms with Crippen LogP contribution in [0.4, 0.5) is 5.69 Å². The molecule has 2 aromatic heterocycles. The Bertz CT molecular complexity index is 838. The van der Waals surface area contributed by atoms with Crippen molar-refractivity contribution in [1.82, 2.24) is 10.3 Å². The SMILES string of the molecule is Cc1cc(C)c2c(N)c(C(=O)OCC(=O)NC3CCC(C)CC3)sc2n1. The molecular formula is C19H25N3O3S. The monoisotopic (exact) mass is 375 g/mol. The van der Waals surface area contributed by atoms with Gasteiger partial charge in [-0.2, -0.15) is 0 Å². The number of thiophene rings is 1. The summed E-state index contributed by atoms with van der Waals surface area (Å²) < 4.78 is 5.18. The van der Waals surface area contributed by atoms with E-state index in [-0.39, 0.29) is 18.6 Å². The second-order valence-electron chi connectivity index (χ2n) is 7.21. The van der Waals surface area contributed by atoms with E-state index in [0.717, 1.165) is 48.2 Å². The smallest absolute Gasteiger partial charge is 0.351 e. The van der Waals surface area contributed by atoms with E-state index in [0.29, 0.717) is 15.4 Å². The zero-order valence-electron chi connectivity index (χ0n) is 15.4. The van der Waals surface area contributed by atoms with E-state index in [1.165, 1.54) is 11.3 Å². The third-order valence-corrected chi connectivity index (χ3v) is 6.00. The molecule has 0 bridgehead atoms. The van der Waals surface area contributed by atoms with Crippen molar-refractivity contribution in [2.75, 3.05) is 12.3 Å². The van der Waals surface area contributed by atoms with Crippen molar-refractivity contribution in [2.24, 2.45) is 5.92 Å². The molecule has 140 valence electrons. The van der Waals surface area contributed by atoms with Crippen molar-refractivity contribution in [2.45, 2.75) is 52.5 Å². The average molecular weight is 375 g/mol. The van der Waals surface area contributed by atoms with E-state index in [9.17, 15) is 9.59 Å². The highest BCUT2D eigenvalue weighted by Gasteiger charge is 2.23. The molecular weight excluding hydrogens is 350 g/mol. The quantitative estimate of drug-likeness (QED) is 0.799. The minimum atomic E-state index is -0.574. The number of carbonyl (C=O) groups excluding carboxylic acids is 2. The molecule has 1 saturated carbocycles. The Labute approximate surface area is 157 Å². The van der Waals surface area contributed by atoms with Crippen LogP contribution in [0.2, 0.25) is 0 Å². The van der Waals surface area contributed by atoms with E-state index in [4.69, 9.17) is 10.5 Å². The topological polar surface area (TPSA) is 94.3 Å². The zero-order chi connectivity index (χ0) is 18.8. The molecule has 0 unspecified atom stereocenters. The lowest BCUT2D eigenvalue weighted by molar-refractivity contribution is -0.125. The van der Waals surface area contributed by atoms with Gasteiger partial charge in [-0.15, -0.1) is 11.3 Å². The summed E-state index contributed by atoms with van der Waals surface area (Å²) in [6, 6.07) is 2.11. The number of hydrogen-bond donors (Lipinski definition) is 2. The van der Waals surface area contributed by atoms with Crippen molar-refractivity contribution in [3.63, 3.8) is 0 Å². The van der Waals surface area contributed by atoms with E-state index in [1.54, 1.807) is 0 Å². The van der Waals surface area contributed by atoms with Gasteiger partial charge in [-0.1, -0.05) is 6.92 Å². The van der Waals surface area contributed by atoms with Crippen LogP contribution in [0.1, 0.15) is 53.5 Å². The van der Waals surface area contributed by atoms with Crippen LogP contribution in [0, 0.1) is 19.8 Å². The summed E-state index contributed by atoms with van der Waals surface area (Å²) in [4.78, 5) is 29.9. The molecule has 7 heteroatoms. The molecule has 0 aliphatic heterocycles. The van der Waals surface area contributed by atoms with Gasteiger partial charge in [0.05, 0.1) is 5.69 Å². The molecule has 0 aromatic carbocycles. The number of anilines is 1. The molecule has 1 aliphatic carbocycles. The number of aryl methyl sites for hydroxylation is 2. The minimum Gasteiger partial charge on any atom is -0.451 e. The third-order valence-electron chi connectivity index (χ3n) is 4.92. The number of aromatic nitrogens is 1. The van der Waals surface area contributed by atoms with Gasteiger partial charge in [0.25, 0.3) is 5.91 Å². The number of fused-ring (bicyclic) bond motifs is 1. The first-order valence-electron chi connectivity index (χ1n) is 8.98. The number of pyridine rings is 1. The summed E-state index contributed by atoms with van der Waals surface area (Å²) >= 11 is 1.21. The second kappa shape index (κ2) is 7.61. The number of hydrogen-bond acceptors (Lipinski definition) is 6. The maximum atomic E-state index is 12.4. The number of rotatable bonds is 4. The molecule has 6 nitrogen and oxygen atoms in total. The van der Waals surface area contributed by atoms with Gasteiger partial charge >= 0.3 is 5.97 Å². The maximum absolute atomic E-state index is 12.4. The Balaban J connectivity index is 1.61. The Morgan fingerprint density at radius 1 is 1.31 bits per heavy atom. The molecule has 0 atom stereocenters. The van der Waals surface area contributed by atoms with Crippen LogP contribution >= 0.6 is 11.3 Å². The van der Waals surface area contributed by atoms with Crippen molar-refractivity contribution >= 4 is 39.1 Å². The number of amides is 1. The molecule has 1 amide bonds. The summed E-state index contributed by atoms with van der Waals surface area (Å²) in [5.41, 5.74) is 8.35.